The number of nitrogens with zero attached hydrogens (tertiary/aromatic N) is 1. The molecule has 0 aromatic carbocycles. The van der Waals surface area contributed by atoms with E-state index in [1.54, 1.807) is 25.1 Å². The Labute approximate surface area is 217 Å². The van der Waals surface area contributed by atoms with E-state index >= 15 is 0 Å². The monoisotopic (exact) mass is 507 g/mol. The lowest BCUT2D eigenvalue weighted by Crippen LogP contribution is -2.57. The highest BCUT2D eigenvalue weighted by molar-refractivity contribution is 6.01. The lowest BCUT2D eigenvalue weighted by atomic mass is 9.47. The van der Waals surface area contributed by atoms with E-state index in [0.717, 1.165) is 24.8 Å². The molecule has 1 amide bonds. The van der Waals surface area contributed by atoms with Gasteiger partial charge in [0.15, 0.2) is 5.78 Å². The standard InChI is InChI=1S/C29H37N3O5/c1-15-11-21-20-6-5-18-13-19(33)7-9-28(18,3)24(20)22(34)14-29(21,4)25(15)37-27(36)17-8-10-31-23(12-17)32-26(35)16(2)30/h7-10,12-13,15-16,20-22,24-25,34H,5-6,11,14,30H2,1-4H3,(H,31,32,35)/t15?,16-,20?,21?,22?,24?,25?,28?,29?/m0/s1. The summed E-state index contributed by atoms with van der Waals surface area (Å²) in [6.07, 6.45) is 9.20. The van der Waals surface area contributed by atoms with Crippen molar-refractivity contribution in [1.29, 1.82) is 0 Å². The number of ketones is 1. The van der Waals surface area contributed by atoms with Gasteiger partial charge in [-0.25, -0.2) is 9.78 Å². The summed E-state index contributed by atoms with van der Waals surface area (Å²) in [6.45, 7) is 8.01. The first-order valence-corrected chi connectivity index (χ1v) is 13.3. The Kier molecular flexibility index (Phi) is 6.39. The lowest BCUT2D eigenvalue weighted by molar-refractivity contribution is -0.133. The number of aliphatic hydroxyl groups excluding tert-OH is 1. The molecule has 1 aromatic rings. The smallest absolute Gasteiger partial charge is 0.338 e. The zero-order valence-corrected chi connectivity index (χ0v) is 21.9. The second-order valence-electron chi connectivity index (χ2n) is 12.0. The van der Waals surface area contributed by atoms with Crippen LogP contribution in [0.4, 0.5) is 5.82 Å². The van der Waals surface area contributed by atoms with Crippen molar-refractivity contribution in [2.75, 3.05) is 5.32 Å². The molecule has 3 saturated carbocycles. The minimum atomic E-state index is -0.701. The largest absolute Gasteiger partial charge is 0.458 e. The molecule has 8 nitrogen and oxygen atoms in total. The van der Waals surface area contributed by atoms with Gasteiger partial charge in [0.05, 0.1) is 17.7 Å². The highest BCUT2D eigenvalue weighted by Gasteiger charge is 2.64. The van der Waals surface area contributed by atoms with Crippen LogP contribution in [0.2, 0.25) is 0 Å². The fourth-order valence-electron chi connectivity index (χ4n) is 7.95. The van der Waals surface area contributed by atoms with Gasteiger partial charge < -0.3 is 20.9 Å². The number of aliphatic hydroxyl groups is 1. The summed E-state index contributed by atoms with van der Waals surface area (Å²) in [5, 5.41) is 14.2. The second-order valence-corrected chi connectivity index (χ2v) is 12.0. The van der Waals surface area contributed by atoms with Gasteiger partial charge in [0, 0.05) is 22.9 Å². The number of carbonyl (C=O) groups excluding carboxylic acids is 3. The van der Waals surface area contributed by atoms with Crippen LogP contribution in [-0.2, 0) is 14.3 Å². The molecule has 3 fully saturated rings. The summed E-state index contributed by atoms with van der Waals surface area (Å²) < 4.78 is 6.18. The van der Waals surface area contributed by atoms with Crippen molar-refractivity contribution in [3.63, 3.8) is 0 Å². The first-order valence-electron chi connectivity index (χ1n) is 13.3. The number of ether oxygens (including phenoxy) is 1. The quantitative estimate of drug-likeness (QED) is 0.532. The maximum atomic E-state index is 13.3. The van der Waals surface area contributed by atoms with Crippen molar-refractivity contribution in [2.24, 2.45) is 40.2 Å². The van der Waals surface area contributed by atoms with Crippen LogP contribution in [0.3, 0.4) is 0 Å². The van der Waals surface area contributed by atoms with E-state index in [4.69, 9.17) is 10.5 Å². The van der Waals surface area contributed by atoms with Gasteiger partial charge in [-0.3, -0.25) is 9.59 Å². The summed E-state index contributed by atoms with van der Waals surface area (Å²) >= 11 is 0. The zero-order valence-electron chi connectivity index (χ0n) is 21.9. The Morgan fingerprint density at radius 1 is 1.32 bits per heavy atom. The number of fused-ring (bicyclic) bond motifs is 5. The molecule has 1 aromatic heterocycles. The van der Waals surface area contributed by atoms with E-state index in [0.29, 0.717) is 17.9 Å². The van der Waals surface area contributed by atoms with E-state index in [9.17, 15) is 19.5 Å². The predicted octanol–water partition coefficient (Wildman–Crippen LogP) is 3.42. The summed E-state index contributed by atoms with van der Waals surface area (Å²) in [5.41, 5.74) is 6.37. The normalized spacial score (nSPS) is 39.1. The van der Waals surface area contributed by atoms with E-state index < -0.39 is 18.1 Å². The average Bonchev–Trinajstić information content (AvgIpc) is 3.08. The van der Waals surface area contributed by atoms with Crippen LogP contribution < -0.4 is 11.1 Å². The maximum Gasteiger partial charge on any atom is 0.338 e. The number of nitrogens with one attached hydrogen (secondary N) is 1. The first kappa shape index (κ1) is 25.8. The van der Waals surface area contributed by atoms with Crippen molar-refractivity contribution < 1.29 is 24.2 Å². The number of carbonyl (C=O) groups is 3. The number of allylic oxidation sites excluding steroid dienone is 4. The Morgan fingerprint density at radius 3 is 2.81 bits per heavy atom. The number of amides is 1. The number of aromatic nitrogens is 1. The summed E-state index contributed by atoms with van der Waals surface area (Å²) in [7, 11) is 0. The van der Waals surface area contributed by atoms with Gasteiger partial charge in [0.1, 0.15) is 11.9 Å². The maximum absolute atomic E-state index is 13.3. The van der Waals surface area contributed by atoms with E-state index in [1.165, 1.54) is 12.3 Å². The SMILES string of the molecule is CC1CC2C3CCC4=CC(=O)C=CC4(C)C3C(O)CC2(C)C1OC(=O)c1ccnc(NC(=O)[C@H](C)N)c1. The van der Waals surface area contributed by atoms with Gasteiger partial charge in [-0.05, 0) is 74.6 Å². The molecule has 37 heavy (non-hydrogen) atoms. The molecule has 0 spiro atoms. The summed E-state index contributed by atoms with van der Waals surface area (Å²) in [5.74, 6) is 0.166. The minimum Gasteiger partial charge on any atom is -0.458 e. The van der Waals surface area contributed by atoms with Crippen LogP contribution in [0.25, 0.3) is 0 Å². The van der Waals surface area contributed by atoms with Crippen molar-refractivity contribution in [3.8, 4) is 0 Å². The summed E-state index contributed by atoms with van der Waals surface area (Å²) in [4.78, 5) is 41.4. The molecule has 8 unspecified atom stereocenters. The highest BCUT2D eigenvalue weighted by atomic mass is 16.5. The summed E-state index contributed by atoms with van der Waals surface area (Å²) in [6, 6.07) is 2.37. The van der Waals surface area contributed by atoms with E-state index in [2.05, 4.69) is 31.1 Å². The average molecular weight is 508 g/mol. The third-order valence-corrected chi connectivity index (χ3v) is 9.62. The Bertz CT molecular complexity index is 1190. The van der Waals surface area contributed by atoms with Crippen LogP contribution in [0.15, 0.2) is 42.1 Å². The number of nitrogens with two attached hydrogens (primary N) is 1. The topological polar surface area (TPSA) is 132 Å². The van der Waals surface area contributed by atoms with Crippen LogP contribution >= 0.6 is 0 Å². The van der Waals surface area contributed by atoms with Gasteiger partial charge in [0.25, 0.3) is 0 Å². The Morgan fingerprint density at radius 2 is 2.08 bits per heavy atom. The molecule has 4 aliphatic rings. The number of anilines is 1. The second kappa shape index (κ2) is 9.17. The molecular formula is C29H37N3O5. The van der Waals surface area contributed by atoms with Gasteiger partial charge in [0.2, 0.25) is 5.91 Å². The first-order chi connectivity index (χ1) is 17.4. The third kappa shape index (κ3) is 4.24. The number of pyridine rings is 1. The molecule has 8 heteroatoms. The van der Waals surface area contributed by atoms with Gasteiger partial charge in [-0.2, -0.15) is 0 Å². The fourth-order valence-corrected chi connectivity index (χ4v) is 7.95. The molecular weight excluding hydrogens is 470 g/mol. The lowest BCUT2D eigenvalue weighted by Gasteiger charge is -2.58. The van der Waals surface area contributed by atoms with E-state index in [1.807, 2.05) is 6.08 Å². The molecule has 1 heterocycles. The molecule has 0 aliphatic heterocycles. The molecule has 4 aliphatic carbocycles. The van der Waals surface area contributed by atoms with Crippen molar-refractivity contribution in [1.82, 2.24) is 4.98 Å². The van der Waals surface area contributed by atoms with Gasteiger partial charge in [-0.15, -0.1) is 0 Å². The number of rotatable bonds is 4. The van der Waals surface area contributed by atoms with Gasteiger partial charge in [-0.1, -0.05) is 32.4 Å². The van der Waals surface area contributed by atoms with Crippen molar-refractivity contribution >= 4 is 23.5 Å². The molecule has 0 saturated heterocycles. The van der Waals surface area contributed by atoms with E-state index in [-0.39, 0.29) is 52.2 Å². The molecule has 5 rings (SSSR count). The van der Waals surface area contributed by atoms with Crippen molar-refractivity contribution in [2.45, 2.75) is 71.6 Å². The predicted molar refractivity (Wildman–Crippen MR) is 138 cm³/mol. The molecule has 0 radical (unpaired) electrons. The number of hydrogen-bond acceptors (Lipinski definition) is 7. The molecule has 0 bridgehead atoms. The fraction of sp³-hybridized carbons (Fsp3) is 0.586. The van der Waals surface area contributed by atoms with Crippen molar-refractivity contribution in [3.05, 3.63) is 47.7 Å². The van der Waals surface area contributed by atoms with Crippen LogP contribution in [0, 0.1) is 34.5 Å². The van der Waals surface area contributed by atoms with Gasteiger partial charge >= 0.3 is 5.97 Å². The Hall–Kier alpha value is -2.84. The Balaban J connectivity index is 1.37. The molecule has 9 atom stereocenters. The van der Waals surface area contributed by atoms with Crippen LogP contribution in [0.1, 0.15) is 63.7 Å². The zero-order chi connectivity index (χ0) is 26.7. The molecule has 198 valence electrons. The van der Waals surface area contributed by atoms with Crippen LogP contribution in [0.5, 0.6) is 0 Å². The highest BCUT2D eigenvalue weighted by Crippen LogP contribution is 2.65. The molecule has 4 N–H and O–H groups in total. The minimum absolute atomic E-state index is 0.0268. The number of esters is 1. The number of hydrogen-bond donors (Lipinski definition) is 3. The third-order valence-electron chi connectivity index (χ3n) is 9.62. The van der Waals surface area contributed by atoms with Crippen LogP contribution in [-0.4, -0.2) is 46.0 Å².